The number of anilines is 1. The van der Waals surface area contributed by atoms with Crippen LogP contribution >= 0.6 is 11.6 Å². The van der Waals surface area contributed by atoms with Gasteiger partial charge in [-0.1, -0.05) is 41.9 Å². The van der Waals surface area contributed by atoms with E-state index in [0.717, 1.165) is 11.1 Å². The highest BCUT2D eigenvalue weighted by Crippen LogP contribution is 2.31. The lowest BCUT2D eigenvalue weighted by Gasteiger charge is -2.16. The molecule has 150 valence electrons. The Morgan fingerprint density at radius 3 is 2.37 bits per heavy atom. The summed E-state index contributed by atoms with van der Waals surface area (Å²) in [4.78, 5) is 39.4. The number of hydrogen-bond acceptors (Lipinski definition) is 3. The molecule has 1 aliphatic heterocycles. The number of carbonyl (C=O) groups is 3. The molecule has 0 saturated heterocycles. The predicted octanol–water partition coefficient (Wildman–Crippen LogP) is 4.42. The number of carbonyl (C=O) groups excluding carboxylic acids is 3. The van der Waals surface area contributed by atoms with Crippen molar-refractivity contribution in [1.82, 2.24) is 5.32 Å². The third-order valence-corrected chi connectivity index (χ3v) is 5.37. The Hall–Kier alpha value is -3.44. The average Bonchev–Trinajstić information content (AvgIpc) is 2.99. The van der Waals surface area contributed by atoms with Crippen LogP contribution in [0.5, 0.6) is 0 Å². The molecule has 0 aliphatic carbocycles. The van der Waals surface area contributed by atoms with Gasteiger partial charge in [0.05, 0.1) is 16.8 Å². The first kappa shape index (κ1) is 19.9. The van der Waals surface area contributed by atoms with Gasteiger partial charge in [-0.15, -0.1) is 0 Å². The number of amides is 3. The second kappa shape index (κ2) is 8.13. The monoisotopic (exact) mass is 418 g/mol. The van der Waals surface area contributed by atoms with E-state index in [1.165, 1.54) is 11.0 Å². The number of fused-ring (bicyclic) bond motifs is 1. The van der Waals surface area contributed by atoms with Crippen molar-refractivity contribution in [2.24, 2.45) is 0 Å². The van der Waals surface area contributed by atoms with Crippen LogP contribution in [0.1, 0.15) is 42.2 Å². The van der Waals surface area contributed by atoms with E-state index < -0.39 is 5.91 Å². The quantitative estimate of drug-likeness (QED) is 0.623. The van der Waals surface area contributed by atoms with Gasteiger partial charge in [-0.3, -0.25) is 14.4 Å². The summed E-state index contributed by atoms with van der Waals surface area (Å²) in [6.45, 7) is 2.29. The molecule has 3 amide bonds. The lowest BCUT2D eigenvalue weighted by atomic mass is 10.1. The van der Waals surface area contributed by atoms with Crippen molar-refractivity contribution in [3.8, 4) is 0 Å². The van der Waals surface area contributed by atoms with Gasteiger partial charge in [0.2, 0.25) is 0 Å². The van der Waals surface area contributed by atoms with Gasteiger partial charge >= 0.3 is 0 Å². The molecule has 3 aromatic carbocycles. The van der Waals surface area contributed by atoms with E-state index in [0.29, 0.717) is 34.8 Å². The molecule has 4 rings (SSSR count). The van der Waals surface area contributed by atoms with Crippen molar-refractivity contribution in [3.63, 3.8) is 0 Å². The largest absolute Gasteiger partial charge is 0.352 e. The molecule has 1 aliphatic rings. The molecule has 30 heavy (non-hydrogen) atoms. The van der Waals surface area contributed by atoms with Gasteiger partial charge < -0.3 is 5.32 Å². The van der Waals surface area contributed by atoms with Gasteiger partial charge in [-0.2, -0.15) is 0 Å². The molecule has 0 bridgehead atoms. The fraction of sp³-hybridized carbons (Fsp3) is 0.125. The van der Waals surface area contributed by atoms with Crippen LogP contribution < -0.4 is 10.2 Å². The smallest absolute Gasteiger partial charge is 0.266 e. The van der Waals surface area contributed by atoms with Crippen molar-refractivity contribution >= 4 is 35.0 Å². The molecule has 0 saturated carbocycles. The minimum absolute atomic E-state index is 0.244. The number of hydrogen-bond donors (Lipinski definition) is 1. The molecule has 1 N–H and O–H groups in total. The topological polar surface area (TPSA) is 66.5 Å². The van der Waals surface area contributed by atoms with Gasteiger partial charge in [0, 0.05) is 17.1 Å². The maximum atomic E-state index is 12.9. The standard InChI is InChI=1S/C24H19ClN2O3/c1-15-4-2-3-5-21(15)27-23(29)19-11-8-17(14-20(19)24(27)30)22(28)26-13-12-16-6-9-18(25)10-7-16/h2-11,14H,12-13H2,1H3,(H,26,28). The van der Waals surface area contributed by atoms with Gasteiger partial charge in [0.15, 0.2) is 0 Å². The number of imide groups is 1. The van der Waals surface area contributed by atoms with E-state index in [1.54, 1.807) is 24.3 Å². The van der Waals surface area contributed by atoms with Crippen LogP contribution in [-0.4, -0.2) is 24.3 Å². The molecular formula is C24H19ClN2O3. The molecule has 0 unspecified atom stereocenters. The van der Waals surface area contributed by atoms with Gasteiger partial charge in [-0.25, -0.2) is 4.90 Å². The Labute approximate surface area is 179 Å². The lowest BCUT2D eigenvalue weighted by Crippen LogP contribution is -2.30. The summed E-state index contributed by atoms with van der Waals surface area (Å²) >= 11 is 5.88. The van der Waals surface area contributed by atoms with Crippen molar-refractivity contribution in [2.45, 2.75) is 13.3 Å². The maximum absolute atomic E-state index is 12.9. The summed E-state index contributed by atoms with van der Waals surface area (Å²) in [5.74, 6) is -1.08. The SMILES string of the molecule is Cc1ccccc1N1C(=O)c2ccc(C(=O)NCCc3ccc(Cl)cc3)cc2C1=O. The van der Waals surface area contributed by atoms with Gasteiger partial charge in [0.25, 0.3) is 17.7 Å². The summed E-state index contributed by atoms with van der Waals surface area (Å²) in [6, 6.07) is 19.3. The third-order valence-electron chi connectivity index (χ3n) is 5.12. The van der Waals surface area contributed by atoms with Crippen LogP contribution in [0.3, 0.4) is 0 Å². The zero-order chi connectivity index (χ0) is 21.3. The van der Waals surface area contributed by atoms with E-state index in [4.69, 9.17) is 11.6 Å². The number of nitrogens with one attached hydrogen (secondary N) is 1. The molecule has 0 spiro atoms. The fourth-order valence-electron chi connectivity index (χ4n) is 3.49. The number of para-hydroxylation sites is 1. The second-order valence-corrected chi connectivity index (χ2v) is 7.56. The van der Waals surface area contributed by atoms with Crippen LogP contribution in [0, 0.1) is 6.92 Å². The normalized spacial score (nSPS) is 12.8. The maximum Gasteiger partial charge on any atom is 0.266 e. The summed E-state index contributed by atoms with van der Waals surface area (Å²) in [5.41, 5.74) is 3.33. The molecule has 0 atom stereocenters. The molecule has 0 radical (unpaired) electrons. The Balaban J connectivity index is 1.49. The minimum atomic E-state index is -0.417. The van der Waals surface area contributed by atoms with E-state index in [-0.39, 0.29) is 17.4 Å². The first-order chi connectivity index (χ1) is 14.5. The zero-order valence-electron chi connectivity index (χ0n) is 16.3. The van der Waals surface area contributed by atoms with Crippen LogP contribution in [0.2, 0.25) is 5.02 Å². The third kappa shape index (κ3) is 3.72. The number of nitrogens with zero attached hydrogens (tertiary/aromatic N) is 1. The number of benzene rings is 3. The van der Waals surface area contributed by atoms with Gasteiger partial charge in [0.1, 0.15) is 0 Å². The molecule has 5 nitrogen and oxygen atoms in total. The highest BCUT2D eigenvalue weighted by atomic mass is 35.5. The van der Waals surface area contributed by atoms with Crippen LogP contribution in [0.25, 0.3) is 0 Å². The van der Waals surface area contributed by atoms with Gasteiger partial charge in [-0.05, 0) is 60.9 Å². The molecule has 1 heterocycles. The van der Waals surface area contributed by atoms with Crippen LogP contribution in [0.4, 0.5) is 5.69 Å². The Morgan fingerprint density at radius 1 is 0.933 bits per heavy atom. The van der Waals surface area contributed by atoms with Crippen LogP contribution in [0.15, 0.2) is 66.7 Å². The Bertz CT molecular complexity index is 1160. The first-order valence-corrected chi connectivity index (χ1v) is 9.94. The first-order valence-electron chi connectivity index (χ1n) is 9.57. The number of aryl methyl sites for hydroxylation is 1. The zero-order valence-corrected chi connectivity index (χ0v) is 17.1. The molecule has 0 fully saturated rings. The summed E-state index contributed by atoms with van der Waals surface area (Å²) < 4.78 is 0. The molecular weight excluding hydrogens is 400 g/mol. The summed E-state index contributed by atoms with van der Waals surface area (Å²) in [6.07, 6.45) is 0.659. The van der Waals surface area contributed by atoms with E-state index in [9.17, 15) is 14.4 Å². The minimum Gasteiger partial charge on any atom is -0.352 e. The molecule has 3 aromatic rings. The van der Waals surface area contributed by atoms with E-state index in [1.807, 2.05) is 43.3 Å². The second-order valence-electron chi connectivity index (χ2n) is 7.12. The predicted molar refractivity (Wildman–Crippen MR) is 116 cm³/mol. The van der Waals surface area contributed by atoms with E-state index >= 15 is 0 Å². The average molecular weight is 419 g/mol. The van der Waals surface area contributed by atoms with Crippen molar-refractivity contribution < 1.29 is 14.4 Å². The van der Waals surface area contributed by atoms with Crippen molar-refractivity contribution in [1.29, 1.82) is 0 Å². The fourth-order valence-corrected chi connectivity index (χ4v) is 3.61. The number of halogens is 1. The highest BCUT2D eigenvalue weighted by Gasteiger charge is 2.37. The van der Waals surface area contributed by atoms with Crippen molar-refractivity contribution in [2.75, 3.05) is 11.4 Å². The summed E-state index contributed by atoms with van der Waals surface area (Å²) in [7, 11) is 0. The van der Waals surface area contributed by atoms with Crippen molar-refractivity contribution in [3.05, 3.63) is 99.6 Å². The Morgan fingerprint density at radius 2 is 1.63 bits per heavy atom. The molecule has 0 aromatic heterocycles. The molecule has 6 heteroatoms. The Kier molecular flexibility index (Phi) is 5.38. The van der Waals surface area contributed by atoms with E-state index in [2.05, 4.69) is 5.32 Å². The van der Waals surface area contributed by atoms with Crippen LogP contribution in [-0.2, 0) is 6.42 Å². The summed E-state index contributed by atoms with van der Waals surface area (Å²) in [5, 5.41) is 3.52. The lowest BCUT2D eigenvalue weighted by molar-refractivity contribution is 0.0923. The number of rotatable bonds is 5. The highest BCUT2D eigenvalue weighted by molar-refractivity contribution is 6.35.